The van der Waals surface area contributed by atoms with Gasteiger partial charge in [-0.25, -0.2) is 0 Å². The van der Waals surface area contributed by atoms with Crippen LogP contribution in [0.2, 0.25) is 0 Å². The maximum Gasteiger partial charge on any atom is 0.224 e. The van der Waals surface area contributed by atoms with Gasteiger partial charge in [-0.2, -0.15) is 0 Å². The number of benzene rings is 1. The van der Waals surface area contributed by atoms with Crippen molar-refractivity contribution in [1.29, 1.82) is 0 Å². The molecule has 0 aliphatic carbocycles. The molecule has 1 rings (SSSR count). The van der Waals surface area contributed by atoms with Gasteiger partial charge in [-0.3, -0.25) is 4.79 Å². The average molecular weight is 234 g/mol. The zero-order valence-corrected chi connectivity index (χ0v) is 10.9. The third-order valence-electron chi connectivity index (χ3n) is 2.68. The fraction of sp³-hybridized carbons (Fsp3) is 0.500. The van der Waals surface area contributed by atoms with Crippen LogP contribution < -0.4 is 11.1 Å². The molecule has 0 aliphatic rings. The van der Waals surface area contributed by atoms with E-state index in [4.69, 9.17) is 5.73 Å². The number of nitrogens with two attached hydrogens (primary N) is 1. The summed E-state index contributed by atoms with van der Waals surface area (Å²) in [5, 5.41) is 2.95. The first-order chi connectivity index (χ1) is 8.00. The molecule has 1 aromatic carbocycles. The van der Waals surface area contributed by atoms with Gasteiger partial charge in [0.25, 0.3) is 0 Å². The number of anilines is 1. The van der Waals surface area contributed by atoms with E-state index in [9.17, 15) is 4.79 Å². The fourth-order valence-electron chi connectivity index (χ4n) is 1.69. The Balaban J connectivity index is 2.65. The first-order valence-corrected chi connectivity index (χ1v) is 6.15. The molecule has 0 saturated carbocycles. The third-order valence-corrected chi connectivity index (χ3v) is 2.68. The predicted molar refractivity (Wildman–Crippen MR) is 72.0 cm³/mol. The molecular formula is C14H22N2O. The number of para-hydroxylation sites is 1. The molecule has 1 aromatic rings. The standard InChI is InChI=1S/C14H22N2O/c1-10(2)12-6-4-5-7-13(12)16-14(17)9-8-11(3)15/h4-7,10-11H,8-9,15H2,1-3H3,(H,16,17). The van der Waals surface area contributed by atoms with Crippen molar-refractivity contribution in [2.45, 2.75) is 45.6 Å². The van der Waals surface area contributed by atoms with Crippen LogP contribution in [0.5, 0.6) is 0 Å². The van der Waals surface area contributed by atoms with Crippen molar-refractivity contribution in [1.82, 2.24) is 0 Å². The lowest BCUT2D eigenvalue weighted by Gasteiger charge is -2.13. The van der Waals surface area contributed by atoms with Crippen LogP contribution in [0.15, 0.2) is 24.3 Å². The van der Waals surface area contributed by atoms with Crippen LogP contribution in [0.1, 0.15) is 45.1 Å². The first-order valence-electron chi connectivity index (χ1n) is 6.15. The van der Waals surface area contributed by atoms with E-state index in [-0.39, 0.29) is 11.9 Å². The number of carbonyl (C=O) groups is 1. The summed E-state index contributed by atoms with van der Waals surface area (Å²) in [5.74, 6) is 0.440. The van der Waals surface area contributed by atoms with Gasteiger partial charge in [0.1, 0.15) is 0 Å². The normalized spacial score (nSPS) is 12.5. The molecule has 17 heavy (non-hydrogen) atoms. The lowest BCUT2D eigenvalue weighted by Crippen LogP contribution is -2.20. The molecule has 0 heterocycles. The van der Waals surface area contributed by atoms with Crippen molar-refractivity contribution in [2.75, 3.05) is 5.32 Å². The molecule has 3 N–H and O–H groups in total. The van der Waals surface area contributed by atoms with Gasteiger partial charge in [-0.1, -0.05) is 32.0 Å². The molecule has 1 amide bonds. The lowest BCUT2D eigenvalue weighted by molar-refractivity contribution is -0.116. The molecule has 94 valence electrons. The van der Waals surface area contributed by atoms with Crippen LogP contribution in [0.4, 0.5) is 5.69 Å². The van der Waals surface area contributed by atoms with Crippen molar-refractivity contribution in [2.24, 2.45) is 5.73 Å². The second kappa shape index (κ2) is 6.40. The molecule has 3 heteroatoms. The molecular weight excluding hydrogens is 212 g/mol. The Hall–Kier alpha value is -1.35. The molecule has 1 atom stereocenters. The van der Waals surface area contributed by atoms with E-state index in [2.05, 4.69) is 19.2 Å². The highest BCUT2D eigenvalue weighted by molar-refractivity contribution is 5.91. The van der Waals surface area contributed by atoms with E-state index in [1.807, 2.05) is 31.2 Å². The van der Waals surface area contributed by atoms with Gasteiger partial charge in [0.2, 0.25) is 5.91 Å². The summed E-state index contributed by atoms with van der Waals surface area (Å²) >= 11 is 0. The average Bonchev–Trinajstić information content (AvgIpc) is 2.27. The molecule has 0 aromatic heterocycles. The Kier molecular flexibility index (Phi) is 5.16. The Morgan fingerprint density at radius 3 is 2.53 bits per heavy atom. The van der Waals surface area contributed by atoms with Gasteiger partial charge in [0.15, 0.2) is 0 Å². The van der Waals surface area contributed by atoms with Crippen molar-refractivity contribution in [3.05, 3.63) is 29.8 Å². The molecule has 0 bridgehead atoms. The van der Waals surface area contributed by atoms with Gasteiger partial charge in [0.05, 0.1) is 0 Å². The van der Waals surface area contributed by atoms with Gasteiger partial charge in [0, 0.05) is 18.2 Å². The summed E-state index contributed by atoms with van der Waals surface area (Å²) in [4.78, 5) is 11.7. The Morgan fingerprint density at radius 1 is 1.29 bits per heavy atom. The molecule has 0 spiro atoms. The zero-order valence-electron chi connectivity index (χ0n) is 10.9. The Morgan fingerprint density at radius 2 is 1.94 bits per heavy atom. The quantitative estimate of drug-likeness (QED) is 0.823. The summed E-state index contributed by atoms with van der Waals surface area (Å²) < 4.78 is 0. The SMILES string of the molecule is CC(N)CCC(=O)Nc1ccccc1C(C)C. The summed E-state index contributed by atoms with van der Waals surface area (Å²) in [5.41, 5.74) is 7.71. The Bertz CT molecular complexity index is 372. The van der Waals surface area contributed by atoms with E-state index in [0.717, 1.165) is 12.1 Å². The van der Waals surface area contributed by atoms with E-state index < -0.39 is 0 Å². The number of rotatable bonds is 5. The van der Waals surface area contributed by atoms with Gasteiger partial charge in [-0.15, -0.1) is 0 Å². The minimum Gasteiger partial charge on any atom is -0.328 e. The molecule has 0 radical (unpaired) electrons. The van der Waals surface area contributed by atoms with Crippen LogP contribution in [-0.4, -0.2) is 11.9 Å². The maximum atomic E-state index is 11.7. The second-order valence-corrected chi connectivity index (χ2v) is 4.81. The number of amides is 1. The van der Waals surface area contributed by atoms with Crippen LogP contribution in [0.25, 0.3) is 0 Å². The molecule has 1 unspecified atom stereocenters. The second-order valence-electron chi connectivity index (χ2n) is 4.81. The lowest BCUT2D eigenvalue weighted by atomic mass is 10.0. The van der Waals surface area contributed by atoms with Gasteiger partial charge in [-0.05, 0) is 30.9 Å². The highest BCUT2D eigenvalue weighted by Crippen LogP contribution is 2.23. The van der Waals surface area contributed by atoms with Crippen LogP contribution in [0, 0.1) is 0 Å². The van der Waals surface area contributed by atoms with Crippen molar-refractivity contribution in [3.63, 3.8) is 0 Å². The van der Waals surface area contributed by atoms with E-state index in [0.29, 0.717) is 12.3 Å². The van der Waals surface area contributed by atoms with Crippen LogP contribution in [0.3, 0.4) is 0 Å². The molecule has 0 aliphatic heterocycles. The number of nitrogens with one attached hydrogen (secondary N) is 1. The van der Waals surface area contributed by atoms with Gasteiger partial charge >= 0.3 is 0 Å². The fourth-order valence-corrected chi connectivity index (χ4v) is 1.69. The predicted octanol–water partition coefficient (Wildman–Crippen LogP) is 2.88. The third kappa shape index (κ3) is 4.57. The van der Waals surface area contributed by atoms with E-state index in [1.54, 1.807) is 0 Å². The number of carbonyl (C=O) groups excluding carboxylic acids is 1. The van der Waals surface area contributed by atoms with E-state index in [1.165, 1.54) is 5.56 Å². The van der Waals surface area contributed by atoms with Crippen molar-refractivity contribution in [3.8, 4) is 0 Å². The van der Waals surface area contributed by atoms with E-state index >= 15 is 0 Å². The minimum absolute atomic E-state index is 0.0374. The Labute approximate surface area is 103 Å². The largest absolute Gasteiger partial charge is 0.328 e. The first kappa shape index (κ1) is 13.7. The summed E-state index contributed by atoms with van der Waals surface area (Å²) in [6, 6.07) is 7.99. The summed E-state index contributed by atoms with van der Waals surface area (Å²) in [7, 11) is 0. The smallest absolute Gasteiger partial charge is 0.224 e. The number of hydrogen-bond acceptors (Lipinski definition) is 2. The highest BCUT2D eigenvalue weighted by atomic mass is 16.1. The van der Waals surface area contributed by atoms with Crippen molar-refractivity contribution >= 4 is 11.6 Å². The monoisotopic (exact) mass is 234 g/mol. The molecule has 0 fully saturated rings. The number of hydrogen-bond donors (Lipinski definition) is 2. The van der Waals surface area contributed by atoms with Crippen molar-refractivity contribution < 1.29 is 4.79 Å². The summed E-state index contributed by atoms with van der Waals surface area (Å²) in [6.45, 7) is 6.15. The van der Waals surface area contributed by atoms with Crippen LogP contribution in [-0.2, 0) is 4.79 Å². The molecule has 0 saturated heterocycles. The highest BCUT2D eigenvalue weighted by Gasteiger charge is 2.09. The van der Waals surface area contributed by atoms with Gasteiger partial charge < -0.3 is 11.1 Å². The topological polar surface area (TPSA) is 55.1 Å². The zero-order chi connectivity index (χ0) is 12.8. The summed E-state index contributed by atoms with van der Waals surface area (Å²) in [6.07, 6.45) is 1.19. The minimum atomic E-state index is 0.0374. The van der Waals surface area contributed by atoms with Crippen LogP contribution >= 0.6 is 0 Å². The molecule has 3 nitrogen and oxygen atoms in total. The maximum absolute atomic E-state index is 11.7.